The van der Waals surface area contributed by atoms with Crippen molar-refractivity contribution in [1.29, 1.82) is 0 Å². The Morgan fingerprint density at radius 2 is 1.64 bits per heavy atom. The van der Waals surface area contributed by atoms with Crippen molar-refractivity contribution < 1.29 is 8.83 Å². The van der Waals surface area contributed by atoms with Crippen molar-refractivity contribution in [3.05, 3.63) is 90.4 Å². The number of hydrogen-bond acceptors (Lipinski definition) is 5. The quantitative estimate of drug-likeness (QED) is 0.465. The predicted octanol–water partition coefficient (Wildman–Crippen LogP) is 5.32. The molecule has 2 N–H and O–H groups in total. The zero-order valence-electron chi connectivity index (χ0n) is 15.0. The van der Waals surface area contributed by atoms with Gasteiger partial charge < -0.3 is 14.6 Å². The largest absolute Gasteiger partial charge is 0.472 e. The highest BCUT2D eigenvalue weighted by Crippen LogP contribution is 2.35. The van der Waals surface area contributed by atoms with Gasteiger partial charge in [0.2, 0.25) is 5.95 Å². The summed E-state index contributed by atoms with van der Waals surface area (Å²) in [5.74, 6) is 0.870. The predicted molar refractivity (Wildman–Crippen MR) is 109 cm³/mol. The molecule has 0 bridgehead atoms. The van der Waals surface area contributed by atoms with Crippen LogP contribution in [0.4, 0.5) is 5.95 Å². The Hall–Kier alpha value is -3.86. The summed E-state index contributed by atoms with van der Waals surface area (Å²) in [6.45, 7) is 0. The van der Waals surface area contributed by atoms with E-state index in [0.717, 1.165) is 33.4 Å². The zero-order valence-corrected chi connectivity index (χ0v) is 15.0. The second kappa shape index (κ2) is 6.70. The Morgan fingerprint density at radius 3 is 2.43 bits per heavy atom. The minimum atomic E-state index is 0.198. The van der Waals surface area contributed by atoms with Gasteiger partial charge in [-0.3, -0.25) is 0 Å². The third-order valence-electron chi connectivity index (χ3n) is 4.70. The Labute approximate surface area is 161 Å². The number of anilines is 1. The number of rotatable bonds is 4. The second-order valence-electron chi connectivity index (χ2n) is 6.58. The van der Waals surface area contributed by atoms with Gasteiger partial charge in [0.05, 0.1) is 18.2 Å². The summed E-state index contributed by atoms with van der Waals surface area (Å²) in [5, 5.41) is 1.02. The molecule has 3 aromatic heterocycles. The third-order valence-corrected chi connectivity index (χ3v) is 4.70. The summed E-state index contributed by atoms with van der Waals surface area (Å²) in [5.41, 5.74) is 11.3. The van der Waals surface area contributed by atoms with E-state index in [4.69, 9.17) is 14.6 Å². The van der Waals surface area contributed by atoms with Crippen LogP contribution in [0.2, 0.25) is 0 Å². The highest BCUT2D eigenvalue weighted by Gasteiger charge is 2.20. The summed E-state index contributed by atoms with van der Waals surface area (Å²) < 4.78 is 11.4. The molecule has 3 heterocycles. The van der Waals surface area contributed by atoms with E-state index in [-0.39, 0.29) is 5.95 Å². The molecule has 0 atom stereocenters. The molecule has 0 spiro atoms. The molecule has 0 saturated carbocycles. The smallest absolute Gasteiger partial charge is 0.221 e. The fraction of sp³-hybridized carbons (Fsp3) is 0.0435. The molecule has 0 radical (unpaired) electrons. The summed E-state index contributed by atoms with van der Waals surface area (Å²) in [7, 11) is 0. The van der Waals surface area contributed by atoms with Gasteiger partial charge in [0.25, 0.3) is 0 Å². The van der Waals surface area contributed by atoms with Crippen LogP contribution in [0.5, 0.6) is 0 Å². The Balaban J connectivity index is 1.75. The molecule has 0 aliphatic rings. The van der Waals surface area contributed by atoms with Crippen LogP contribution in [0.15, 0.2) is 88.1 Å². The lowest BCUT2D eigenvalue weighted by Gasteiger charge is -2.12. The molecule has 5 nitrogen and oxygen atoms in total. The highest BCUT2D eigenvalue weighted by molar-refractivity contribution is 5.84. The van der Waals surface area contributed by atoms with Gasteiger partial charge in [0.15, 0.2) is 5.76 Å². The number of nitrogens with zero attached hydrogens (tertiary/aromatic N) is 2. The SMILES string of the molecule is Nc1nc(-c2ccoc2)c(Cc2ccccc2)c(-c2cc3ccccc3o2)n1. The first-order valence-corrected chi connectivity index (χ1v) is 9.00. The molecule has 0 saturated heterocycles. The Kier molecular flexibility index (Phi) is 3.91. The van der Waals surface area contributed by atoms with Crippen molar-refractivity contribution in [2.75, 3.05) is 5.73 Å². The van der Waals surface area contributed by atoms with E-state index >= 15 is 0 Å². The maximum atomic E-state index is 6.09. The van der Waals surface area contributed by atoms with Crippen molar-refractivity contribution in [3.8, 4) is 22.7 Å². The monoisotopic (exact) mass is 367 g/mol. The number of para-hydroxylation sites is 1. The van der Waals surface area contributed by atoms with Crippen molar-refractivity contribution in [3.63, 3.8) is 0 Å². The zero-order chi connectivity index (χ0) is 18.9. The normalized spacial score (nSPS) is 11.1. The second-order valence-corrected chi connectivity index (χ2v) is 6.58. The number of nitrogens with two attached hydrogens (primary N) is 1. The molecule has 0 unspecified atom stereocenters. The molecule has 0 aliphatic carbocycles. The third kappa shape index (κ3) is 2.93. The van der Waals surface area contributed by atoms with Crippen LogP contribution in [0, 0.1) is 0 Å². The van der Waals surface area contributed by atoms with Gasteiger partial charge in [-0.2, -0.15) is 0 Å². The van der Waals surface area contributed by atoms with Gasteiger partial charge in [-0.15, -0.1) is 0 Å². The van der Waals surface area contributed by atoms with Crippen LogP contribution in [0.1, 0.15) is 11.1 Å². The summed E-state index contributed by atoms with van der Waals surface area (Å²) in [6, 6.07) is 22.0. The lowest BCUT2D eigenvalue weighted by Crippen LogP contribution is -2.05. The van der Waals surface area contributed by atoms with Crippen LogP contribution in [-0.4, -0.2) is 9.97 Å². The van der Waals surface area contributed by atoms with Gasteiger partial charge >= 0.3 is 0 Å². The first-order chi connectivity index (χ1) is 13.8. The van der Waals surface area contributed by atoms with E-state index < -0.39 is 0 Å². The maximum Gasteiger partial charge on any atom is 0.221 e. The topological polar surface area (TPSA) is 78.1 Å². The average Bonchev–Trinajstić information content (AvgIpc) is 3.39. The lowest BCUT2D eigenvalue weighted by molar-refractivity contribution is 0.568. The van der Waals surface area contributed by atoms with Gasteiger partial charge in [0.1, 0.15) is 11.3 Å². The fourth-order valence-electron chi connectivity index (χ4n) is 3.41. The average molecular weight is 367 g/mol. The number of aromatic nitrogens is 2. The van der Waals surface area contributed by atoms with Crippen LogP contribution < -0.4 is 5.73 Å². The van der Waals surface area contributed by atoms with Gasteiger partial charge in [0, 0.05) is 22.9 Å². The Bertz CT molecular complexity index is 1210. The van der Waals surface area contributed by atoms with Gasteiger partial charge in [-0.1, -0.05) is 48.5 Å². The number of nitrogen functional groups attached to an aromatic ring is 1. The summed E-state index contributed by atoms with van der Waals surface area (Å²) >= 11 is 0. The number of furan rings is 2. The van der Waals surface area contributed by atoms with Crippen LogP contribution in [0.25, 0.3) is 33.7 Å². The molecule has 5 aromatic rings. The molecule has 0 fully saturated rings. The first kappa shape index (κ1) is 16.3. The molecule has 5 rings (SSSR count). The van der Waals surface area contributed by atoms with Gasteiger partial charge in [-0.05, 0) is 23.8 Å². The summed E-state index contributed by atoms with van der Waals surface area (Å²) in [4.78, 5) is 9.06. The molecule has 5 heteroatoms. The molecule has 2 aromatic carbocycles. The molecular formula is C23H17N3O2. The minimum Gasteiger partial charge on any atom is -0.472 e. The van der Waals surface area contributed by atoms with Crippen LogP contribution >= 0.6 is 0 Å². The molecule has 0 amide bonds. The van der Waals surface area contributed by atoms with Crippen molar-refractivity contribution in [1.82, 2.24) is 9.97 Å². The van der Waals surface area contributed by atoms with E-state index in [0.29, 0.717) is 17.9 Å². The number of hydrogen-bond donors (Lipinski definition) is 1. The molecule has 136 valence electrons. The highest BCUT2D eigenvalue weighted by atomic mass is 16.3. The van der Waals surface area contributed by atoms with E-state index in [1.165, 1.54) is 0 Å². The molecular weight excluding hydrogens is 350 g/mol. The van der Waals surface area contributed by atoms with E-state index in [1.807, 2.05) is 54.6 Å². The van der Waals surface area contributed by atoms with E-state index in [1.54, 1.807) is 12.5 Å². The fourth-order valence-corrected chi connectivity index (χ4v) is 3.41. The maximum absolute atomic E-state index is 6.09. The van der Waals surface area contributed by atoms with Crippen LogP contribution in [0.3, 0.4) is 0 Å². The number of fused-ring (bicyclic) bond motifs is 1. The molecule has 0 aliphatic heterocycles. The molecule has 28 heavy (non-hydrogen) atoms. The number of benzene rings is 2. The van der Waals surface area contributed by atoms with Crippen LogP contribution in [-0.2, 0) is 6.42 Å². The minimum absolute atomic E-state index is 0.198. The first-order valence-electron chi connectivity index (χ1n) is 9.00. The standard InChI is InChI=1S/C23H17N3O2/c24-23-25-21(17-10-11-27-14-17)18(12-15-6-2-1-3-7-15)22(26-23)20-13-16-8-4-5-9-19(16)28-20/h1-11,13-14H,12H2,(H2,24,25,26). The van der Waals surface area contributed by atoms with E-state index in [9.17, 15) is 0 Å². The summed E-state index contributed by atoms with van der Waals surface area (Å²) in [6.07, 6.45) is 3.94. The van der Waals surface area contributed by atoms with Crippen molar-refractivity contribution in [2.24, 2.45) is 0 Å². The van der Waals surface area contributed by atoms with Crippen molar-refractivity contribution in [2.45, 2.75) is 6.42 Å². The lowest BCUT2D eigenvalue weighted by atomic mass is 9.98. The van der Waals surface area contributed by atoms with E-state index in [2.05, 4.69) is 22.1 Å². The van der Waals surface area contributed by atoms with Crippen molar-refractivity contribution >= 4 is 16.9 Å². The Morgan fingerprint density at radius 1 is 0.857 bits per heavy atom. The van der Waals surface area contributed by atoms with Gasteiger partial charge in [-0.25, -0.2) is 9.97 Å².